The number of ketones is 1. The van der Waals surface area contributed by atoms with Gasteiger partial charge in [-0.15, -0.1) is 0 Å². The molecular formula is C30H31NO5. The number of aliphatic hydroxyl groups is 1. The number of hydrogen-bond acceptors (Lipinski definition) is 5. The Bertz CT molecular complexity index is 1330. The molecule has 1 aliphatic heterocycles. The van der Waals surface area contributed by atoms with E-state index < -0.39 is 17.7 Å². The zero-order valence-corrected chi connectivity index (χ0v) is 21.2. The summed E-state index contributed by atoms with van der Waals surface area (Å²) >= 11 is 0. The topological polar surface area (TPSA) is 87.1 Å². The maximum atomic E-state index is 13.3. The van der Waals surface area contributed by atoms with E-state index >= 15 is 0 Å². The van der Waals surface area contributed by atoms with Gasteiger partial charge in [0.1, 0.15) is 22.9 Å². The Hall–Kier alpha value is -4.06. The Morgan fingerprint density at radius 3 is 2.14 bits per heavy atom. The molecule has 36 heavy (non-hydrogen) atoms. The van der Waals surface area contributed by atoms with Crippen LogP contribution in [0.2, 0.25) is 0 Å². The molecule has 0 saturated carbocycles. The number of carbonyl (C=O) groups excluding carboxylic acids is 2. The van der Waals surface area contributed by atoms with E-state index in [0.717, 1.165) is 16.7 Å². The zero-order valence-electron chi connectivity index (χ0n) is 21.2. The molecule has 1 saturated heterocycles. The van der Waals surface area contributed by atoms with E-state index in [4.69, 9.17) is 4.74 Å². The number of amides is 1. The van der Waals surface area contributed by atoms with Gasteiger partial charge in [-0.2, -0.15) is 0 Å². The minimum atomic E-state index is -0.808. The predicted molar refractivity (Wildman–Crippen MR) is 139 cm³/mol. The number of benzene rings is 3. The van der Waals surface area contributed by atoms with Crippen LogP contribution in [0.25, 0.3) is 5.76 Å². The number of phenolic OH excluding ortho intramolecular Hbond substituents is 1. The molecule has 1 atom stereocenters. The first-order valence-corrected chi connectivity index (χ1v) is 11.9. The summed E-state index contributed by atoms with van der Waals surface area (Å²) in [6.45, 7) is 9.95. The molecule has 1 heterocycles. The number of ether oxygens (including phenoxy) is 1. The molecule has 3 aromatic carbocycles. The van der Waals surface area contributed by atoms with Crippen LogP contribution in [0.3, 0.4) is 0 Å². The third kappa shape index (κ3) is 5.13. The number of phenols is 1. The van der Waals surface area contributed by atoms with Gasteiger partial charge in [0.05, 0.1) is 11.6 Å². The van der Waals surface area contributed by atoms with Gasteiger partial charge in [0.2, 0.25) is 0 Å². The van der Waals surface area contributed by atoms with Crippen LogP contribution in [0.5, 0.6) is 11.5 Å². The Balaban J connectivity index is 1.77. The van der Waals surface area contributed by atoms with Gasteiger partial charge >= 0.3 is 0 Å². The number of Topliss-reactive ketones (excluding diaryl/α,β-unsaturated/α-hetero) is 1. The molecular weight excluding hydrogens is 454 g/mol. The number of aliphatic hydroxyl groups excluding tert-OH is 1. The van der Waals surface area contributed by atoms with Crippen LogP contribution in [-0.4, -0.2) is 32.4 Å². The SMILES string of the molecule is Cc1ccc(/C(O)=C2/C(=O)C(=O)N(Cc3ccc(OC(C)(C)C)cc3)C2c2ccc(O)cc2)cc1C. The Morgan fingerprint density at radius 1 is 0.917 bits per heavy atom. The molecule has 0 spiro atoms. The second-order valence-corrected chi connectivity index (χ2v) is 10.2. The van der Waals surface area contributed by atoms with Crippen molar-refractivity contribution in [3.8, 4) is 11.5 Å². The zero-order chi connectivity index (χ0) is 26.2. The lowest BCUT2D eigenvalue weighted by molar-refractivity contribution is -0.140. The molecule has 1 unspecified atom stereocenters. The van der Waals surface area contributed by atoms with Gasteiger partial charge in [-0.05, 0) is 87.2 Å². The molecule has 6 nitrogen and oxygen atoms in total. The van der Waals surface area contributed by atoms with Crippen LogP contribution in [-0.2, 0) is 16.1 Å². The summed E-state index contributed by atoms with van der Waals surface area (Å²) in [6, 6.07) is 18.3. The number of aromatic hydroxyl groups is 1. The second-order valence-electron chi connectivity index (χ2n) is 10.2. The summed E-state index contributed by atoms with van der Waals surface area (Å²) in [5.41, 5.74) is 3.62. The van der Waals surface area contributed by atoms with Gasteiger partial charge in [-0.3, -0.25) is 9.59 Å². The number of carbonyl (C=O) groups is 2. The Labute approximate surface area is 211 Å². The fourth-order valence-electron chi connectivity index (χ4n) is 4.30. The van der Waals surface area contributed by atoms with E-state index in [0.29, 0.717) is 16.9 Å². The molecule has 1 fully saturated rings. The van der Waals surface area contributed by atoms with Crippen LogP contribution in [0.1, 0.15) is 54.6 Å². The summed E-state index contributed by atoms with van der Waals surface area (Å²) in [4.78, 5) is 28.0. The van der Waals surface area contributed by atoms with Crippen molar-refractivity contribution < 1.29 is 24.5 Å². The number of hydrogen-bond donors (Lipinski definition) is 2. The maximum absolute atomic E-state index is 13.3. The number of nitrogens with zero attached hydrogens (tertiary/aromatic N) is 1. The monoisotopic (exact) mass is 485 g/mol. The van der Waals surface area contributed by atoms with Gasteiger partial charge in [0.25, 0.3) is 11.7 Å². The van der Waals surface area contributed by atoms with Gasteiger partial charge < -0.3 is 19.8 Å². The number of aryl methyl sites for hydroxylation is 2. The molecule has 3 aromatic rings. The molecule has 0 aliphatic carbocycles. The molecule has 0 aromatic heterocycles. The second kappa shape index (κ2) is 9.53. The molecule has 0 bridgehead atoms. The fraction of sp³-hybridized carbons (Fsp3) is 0.267. The lowest BCUT2D eigenvalue weighted by atomic mass is 9.94. The van der Waals surface area contributed by atoms with E-state index in [1.165, 1.54) is 17.0 Å². The van der Waals surface area contributed by atoms with E-state index in [2.05, 4.69) is 0 Å². The molecule has 2 N–H and O–H groups in total. The van der Waals surface area contributed by atoms with Crippen LogP contribution in [0.4, 0.5) is 0 Å². The minimum Gasteiger partial charge on any atom is -0.508 e. The smallest absolute Gasteiger partial charge is 0.295 e. The highest BCUT2D eigenvalue weighted by atomic mass is 16.5. The van der Waals surface area contributed by atoms with E-state index in [-0.39, 0.29) is 29.2 Å². The number of rotatable bonds is 5. The van der Waals surface area contributed by atoms with Crippen LogP contribution >= 0.6 is 0 Å². The van der Waals surface area contributed by atoms with E-state index in [1.54, 1.807) is 24.3 Å². The van der Waals surface area contributed by atoms with Crippen molar-refractivity contribution in [3.05, 3.63) is 100 Å². The molecule has 1 amide bonds. The molecule has 186 valence electrons. The third-order valence-corrected chi connectivity index (χ3v) is 6.23. The van der Waals surface area contributed by atoms with E-state index in [9.17, 15) is 19.8 Å². The quantitative estimate of drug-likeness (QED) is 0.271. The van der Waals surface area contributed by atoms with Crippen molar-refractivity contribution in [1.82, 2.24) is 4.90 Å². The highest BCUT2D eigenvalue weighted by molar-refractivity contribution is 6.46. The Morgan fingerprint density at radius 2 is 1.56 bits per heavy atom. The summed E-state index contributed by atoms with van der Waals surface area (Å²) in [6.07, 6.45) is 0. The van der Waals surface area contributed by atoms with Crippen molar-refractivity contribution >= 4 is 17.4 Å². The lowest BCUT2D eigenvalue weighted by Gasteiger charge is -2.26. The van der Waals surface area contributed by atoms with Crippen molar-refractivity contribution in [2.45, 2.75) is 52.8 Å². The summed E-state index contributed by atoms with van der Waals surface area (Å²) in [5, 5.41) is 21.1. The van der Waals surface area contributed by atoms with Crippen molar-refractivity contribution in [3.63, 3.8) is 0 Å². The van der Waals surface area contributed by atoms with Gasteiger partial charge in [0, 0.05) is 12.1 Å². The standard InChI is InChI=1S/C30H31NO5/c1-18-6-9-22(16-19(18)2)27(33)25-26(21-10-12-23(32)13-11-21)31(29(35)28(25)34)17-20-7-14-24(15-8-20)36-30(3,4)5/h6-16,26,32-33H,17H2,1-5H3/b27-25-. The molecule has 4 rings (SSSR count). The average molecular weight is 486 g/mol. The van der Waals surface area contributed by atoms with Crippen molar-refractivity contribution in [2.75, 3.05) is 0 Å². The van der Waals surface area contributed by atoms with Crippen molar-refractivity contribution in [1.29, 1.82) is 0 Å². The fourth-order valence-corrected chi connectivity index (χ4v) is 4.30. The van der Waals surface area contributed by atoms with Crippen LogP contribution in [0.15, 0.2) is 72.3 Å². The van der Waals surface area contributed by atoms with Crippen molar-refractivity contribution in [2.24, 2.45) is 0 Å². The highest BCUT2D eigenvalue weighted by Crippen LogP contribution is 2.41. The highest BCUT2D eigenvalue weighted by Gasteiger charge is 2.46. The third-order valence-electron chi connectivity index (χ3n) is 6.23. The average Bonchev–Trinajstić information content (AvgIpc) is 3.06. The predicted octanol–water partition coefficient (Wildman–Crippen LogP) is 5.81. The minimum absolute atomic E-state index is 0.0293. The maximum Gasteiger partial charge on any atom is 0.295 e. The summed E-state index contributed by atoms with van der Waals surface area (Å²) in [7, 11) is 0. The molecule has 6 heteroatoms. The summed E-state index contributed by atoms with van der Waals surface area (Å²) < 4.78 is 5.88. The normalized spacial score (nSPS) is 17.5. The van der Waals surface area contributed by atoms with Gasteiger partial charge in [-0.25, -0.2) is 0 Å². The molecule has 0 radical (unpaired) electrons. The summed E-state index contributed by atoms with van der Waals surface area (Å²) in [5.74, 6) is -0.867. The Kier molecular flexibility index (Phi) is 6.63. The largest absolute Gasteiger partial charge is 0.508 e. The number of likely N-dealkylation sites (tertiary alicyclic amines) is 1. The first kappa shape index (κ1) is 25.0. The van der Waals surface area contributed by atoms with Crippen LogP contribution < -0.4 is 4.74 Å². The van der Waals surface area contributed by atoms with Gasteiger partial charge in [0.15, 0.2) is 0 Å². The van der Waals surface area contributed by atoms with E-state index in [1.807, 2.05) is 65.0 Å². The van der Waals surface area contributed by atoms with Crippen LogP contribution in [0, 0.1) is 13.8 Å². The first-order valence-electron chi connectivity index (χ1n) is 11.9. The molecule has 1 aliphatic rings. The lowest BCUT2D eigenvalue weighted by Crippen LogP contribution is -2.29. The first-order chi connectivity index (χ1) is 16.9. The van der Waals surface area contributed by atoms with Gasteiger partial charge in [-0.1, -0.05) is 36.4 Å².